The summed E-state index contributed by atoms with van der Waals surface area (Å²) in [6.07, 6.45) is 4.21. The molecular weight excluding hydrogens is 490 g/mol. The first-order valence-electron chi connectivity index (χ1n) is 12.3. The van der Waals surface area contributed by atoms with Gasteiger partial charge in [-0.05, 0) is 55.4 Å². The van der Waals surface area contributed by atoms with Gasteiger partial charge in [0.05, 0.1) is 23.7 Å². The van der Waals surface area contributed by atoms with E-state index in [-0.39, 0.29) is 24.2 Å². The van der Waals surface area contributed by atoms with Crippen molar-refractivity contribution in [2.24, 2.45) is 0 Å². The number of anilines is 1. The number of nitrogens with zero attached hydrogens (tertiary/aromatic N) is 2. The molecule has 5 rings (SSSR count). The molecule has 0 saturated heterocycles. The molecular formula is C28H27N3O5S. The number of carbonyl (C=O) groups is 2. The summed E-state index contributed by atoms with van der Waals surface area (Å²) in [4.78, 5) is 54.1. The van der Waals surface area contributed by atoms with Crippen LogP contribution in [0.4, 0.5) is 5.69 Å². The largest absolute Gasteiger partial charge is 0.465 e. The van der Waals surface area contributed by atoms with E-state index in [1.54, 1.807) is 24.3 Å². The van der Waals surface area contributed by atoms with Crippen LogP contribution in [0.3, 0.4) is 0 Å². The molecule has 0 atom stereocenters. The molecule has 0 bridgehead atoms. The minimum atomic E-state index is -0.573. The lowest BCUT2D eigenvalue weighted by atomic mass is 9.97. The smallest absolute Gasteiger partial charge is 0.339 e. The third-order valence-electron chi connectivity index (χ3n) is 6.69. The van der Waals surface area contributed by atoms with Crippen molar-refractivity contribution in [3.8, 4) is 0 Å². The van der Waals surface area contributed by atoms with Gasteiger partial charge in [0, 0.05) is 11.4 Å². The Morgan fingerprint density at radius 3 is 2.49 bits per heavy atom. The first kappa shape index (κ1) is 24.7. The maximum atomic E-state index is 13.6. The van der Waals surface area contributed by atoms with Crippen LogP contribution in [0.1, 0.15) is 39.2 Å². The van der Waals surface area contributed by atoms with Gasteiger partial charge >= 0.3 is 11.7 Å². The maximum absolute atomic E-state index is 13.6. The molecule has 0 spiro atoms. The highest BCUT2D eigenvalue weighted by Crippen LogP contribution is 2.34. The molecule has 2 heterocycles. The quantitative estimate of drug-likeness (QED) is 0.376. The minimum absolute atomic E-state index is 0.217. The van der Waals surface area contributed by atoms with E-state index in [0.29, 0.717) is 22.3 Å². The van der Waals surface area contributed by atoms with Crippen LogP contribution in [0.2, 0.25) is 0 Å². The van der Waals surface area contributed by atoms with E-state index >= 15 is 0 Å². The van der Waals surface area contributed by atoms with Gasteiger partial charge in [0.15, 0.2) is 0 Å². The highest BCUT2D eigenvalue weighted by molar-refractivity contribution is 7.18. The van der Waals surface area contributed by atoms with E-state index < -0.39 is 17.6 Å². The molecule has 0 saturated carbocycles. The number of hydrogen-bond acceptors (Lipinski definition) is 6. The average Bonchev–Trinajstić information content (AvgIpc) is 3.31. The van der Waals surface area contributed by atoms with Gasteiger partial charge in [-0.2, -0.15) is 0 Å². The van der Waals surface area contributed by atoms with E-state index in [0.717, 1.165) is 41.7 Å². The number of nitrogens with one attached hydrogen (secondary N) is 1. The Balaban J connectivity index is 1.55. The summed E-state index contributed by atoms with van der Waals surface area (Å²) in [7, 11) is 1.27. The SMILES string of the molecule is COC(=O)c1ccccc1NC(=O)Cn1c(=O)n(CCc2ccccc2)c(=O)c2c3c(sc21)CCCC3. The fourth-order valence-corrected chi connectivity index (χ4v) is 6.22. The van der Waals surface area contributed by atoms with Gasteiger partial charge in [0.2, 0.25) is 5.91 Å². The summed E-state index contributed by atoms with van der Waals surface area (Å²) in [5.74, 6) is -1.05. The summed E-state index contributed by atoms with van der Waals surface area (Å²) in [5.41, 5.74) is 1.74. The Morgan fingerprint density at radius 1 is 0.973 bits per heavy atom. The highest BCUT2D eigenvalue weighted by Gasteiger charge is 2.25. The van der Waals surface area contributed by atoms with Crippen molar-refractivity contribution < 1.29 is 14.3 Å². The number of benzene rings is 2. The van der Waals surface area contributed by atoms with E-state index in [9.17, 15) is 19.2 Å². The van der Waals surface area contributed by atoms with E-state index in [1.807, 2.05) is 30.3 Å². The predicted molar refractivity (Wildman–Crippen MR) is 144 cm³/mol. The summed E-state index contributed by atoms with van der Waals surface area (Å²) in [5, 5.41) is 3.29. The predicted octanol–water partition coefficient (Wildman–Crippen LogP) is 3.77. The van der Waals surface area contributed by atoms with Crippen LogP contribution in [0.15, 0.2) is 64.2 Å². The van der Waals surface area contributed by atoms with Crippen LogP contribution in [0.25, 0.3) is 10.2 Å². The number of aromatic nitrogens is 2. The summed E-state index contributed by atoms with van der Waals surface area (Å²) < 4.78 is 7.47. The summed E-state index contributed by atoms with van der Waals surface area (Å²) in [6.45, 7) is -0.0646. The second-order valence-electron chi connectivity index (χ2n) is 9.04. The number of ether oxygens (including phenoxy) is 1. The van der Waals surface area contributed by atoms with Crippen molar-refractivity contribution in [2.45, 2.75) is 45.2 Å². The number of fused-ring (bicyclic) bond motifs is 3. The van der Waals surface area contributed by atoms with Crippen LogP contribution in [-0.4, -0.2) is 28.1 Å². The Labute approximate surface area is 217 Å². The van der Waals surface area contributed by atoms with Gasteiger partial charge in [0.25, 0.3) is 5.56 Å². The Kier molecular flexibility index (Phi) is 7.05. The monoisotopic (exact) mass is 517 g/mol. The number of methoxy groups -OCH3 is 1. The third kappa shape index (κ3) is 4.86. The standard InChI is InChI=1S/C28H27N3O5S/c1-36-27(34)19-11-5-7-13-21(19)29-23(32)17-31-26-24(20-12-6-8-14-22(20)37-26)25(33)30(28(31)35)16-15-18-9-3-2-4-10-18/h2-5,7,9-11,13H,6,8,12,14-17H2,1H3,(H,29,32). The Morgan fingerprint density at radius 2 is 1.70 bits per heavy atom. The topological polar surface area (TPSA) is 99.4 Å². The number of hydrogen-bond donors (Lipinski definition) is 1. The zero-order valence-corrected chi connectivity index (χ0v) is 21.3. The average molecular weight is 518 g/mol. The van der Waals surface area contributed by atoms with Gasteiger partial charge in [-0.15, -0.1) is 11.3 Å². The summed E-state index contributed by atoms with van der Waals surface area (Å²) >= 11 is 1.43. The molecule has 0 aliphatic heterocycles. The van der Waals surface area contributed by atoms with Gasteiger partial charge in [0.1, 0.15) is 11.4 Å². The highest BCUT2D eigenvalue weighted by atomic mass is 32.1. The molecule has 8 nitrogen and oxygen atoms in total. The number of aryl methyl sites for hydroxylation is 3. The zero-order chi connectivity index (χ0) is 25.9. The molecule has 190 valence electrons. The molecule has 4 aromatic rings. The fraction of sp³-hybridized carbons (Fsp3) is 0.286. The van der Waals surface area contributed by atoms with Crippen LogP contribution >= 0.6 is 11.3 Å². The van der Waals surface area contributed by atoms with Crippen LogP contribution in [-0.2, 0) is 41.9 Å². The molecule has 0 fully saturated rings. The molecule has 2 aromatic heterocycles. The molecule has 1 amide bonds. The maximum Gasteiger partial charge on any atom is 0.339 e. The van der Waals surface area contributed by atoms with Crippen molar-refractivity contribution >= 4 is 39.1 Å². The van der Waals surface area contributed by atoms with Crippen molar-refractivity contribution in [2.75, 3.05) is 12.4 Å². The lowest BCUT2D eigenvalue weighted by molar-refractivity contribution is -0.116. The van der Waals surface area contributed by atoms with E-state index in [2.05, 4.69) is 5.32 Å². The number of para-hydroxylation sites is 1. The zero-order valence-electron chi connectivity index (χ0n) is 20.5. The second-order valence-corrected chi connectivity index (χ2v) is 10.1. The second kappa shape index (κ2) is 10.6. The van der Waals surface area contributed by atoms with Crippen LogP contribution < -0.4 is 16.6 Å². The van der Waals surface area contributed by atoms with Crippen molar-refractivity contribution in [1.82, 2.24) is 9.13 Å². The molecule has 0 unspecified atom stereocenters. The van der Waals surface area contributed by atoms with Gasteiger partial charge < -0.3 is 10.1 Å². The number of amides is 1. The molecule has 9 heteroatoms. The first-order chi connectivity index (χ1) is 18.0. The van der Waals surface area contributed by atoms with E-state index in [4.69, 9.17) is 4.74 Å². The van der Waals surface area contributed by atoms with Gasteiger partial charge in [-0.25, -0.2) is 9.59 Å². The van der Waals surface area contributed by atoms with Gasteiger partial charge in [-0.1, -0.05) is 42.5 Å². The minimum Gasteiger partial charge on any atom is -0.465 e. The molecule has 1 N–H and O–H groups in total. The fourth-order valence-electron chi connectivity index (χ4n) is 4.85. The number of rotatable bonds is 7. The van der Waals surface area contributed by atoms with Gasteiger partial charge in [-0.3, -0.25) is 18.7 Å². The molecule has 0 radical (unpaired) electrons. The molecule has 2 aromatic carbocycles. The molecule has 37 heavy (non-hydrogen) atoms. The summed E-state index contributed by atoms with van der Waals surface area (Å²) in [6, 6.07) is 16.2. The van der Waals surface area contributed by atoms with Crippen LogP contribution in [0.5, 0.6) is 0 Å². The Hall–Kier alpha value is -3.98. The first-order valence-corrected chi connectivity index (χ1v) is 13.1. The number of thiophene rings is 1. The van der Waals surface area contributed by atoms with E-state index in [1.165, 1.54) is 27.6 Å². The van der Waals surface area contributed by atoms with Crippen molar-refractivity contribution in [3.05, 3.63) is 97.0 Å². The Bertz CT molecular complexity index is 1600. The van der Waals surface area contributed by atoms with Crippen molar-refractivity contribution in [3.63, 3.8) is 0 Å². The number of carbonyl (C=O) groups excluding carboxylic acids is 2. The third-order valence-corrected chi connectivity index (χ3v) is 8.01. The van der Waals surface area contributed by atoms with Crippen molar-refractivity contribution in [1.29, 1.82) is 0 Å². The lowest BCUT2D eigenvalue weighted by Gasteiger charge is -2.14. The number of esters is 1. The van der Waals surface area contributed by atoms with Crippen LogP contribution in [0, 0.1) is 0 Å². The molecule has 1 aliphatic rings. The lowest BCUT2D eigenvalue weighted by Crippen LogP contribution is -2.42. The normalized spacial score (nSPS) is 12.8. The molecule has 1 aliphatic carbocycles.